The molecule has 1 aliphatic rings. The molecule has 1 aliphatic carbocycles. The van der Waals surface area contributed by atoms with Gasteiger partial charge in [0.2, 0.25) is 0 Å². The Morgan fingerprint density at radius 1 is 0.821 bits per heavy atom. The zero-order valence-electron chi connectivity index (χ0n) is 19.5. The van der Waals surface area contributed by atoms with E-state index in [1.54, 1.807) is 0 Å². The molecule has 0 aliphatic heterocycles. The molecule has 1 aromatic carbocycles. The maximum Gasteiger partial charge on any atom is 0.0482 e. The third-order valence-corrected chi connectivity index (χ3v) is 6.74. The third kappa shape index (κ3) is 4.73. The molecule has 28 heavy (non-hydrogen) atoms. The van der Waals surface area contributed by atoms with Gasteiger partial charge in [-0.15, -0.1) is 0 Å². The molecule has 1 aromatic heterocycles. The topological polar surface area (TPSA) is 4.93 Å². The van der Waals surface area contributed by atoms with Crippen molar-refractivity contribution in [1.82, 2.24) is 4.57 Å². The molecule has 0 amide bonds. The molecule has 0 bridgehead atoms. The molecule has 0 unspecified atom stereocenters. The lowest BCUT2D eigenvalue weighted by molar-refractivity contribution is 0.264. The number of nitrogens with zero attached hydrogens (tertiary/aromatic N) is 1. The highest BCUT2D eigenvalue weighted by Crippen LogP contribution is 2.36. The van der Waals surface area contributed by atoms with Gasteiger partial charge in [0.1, 0.15) is 0 Å². The first-order valence-electron chi connectivity index (χ1n) is 11.3. The van der Waals surface area contributed by atoms with Crippen LogP contribution in [0.25, 0.3) is 11.3 Å². The van der Waals surface area contributed by atoms with E-state index >= 15 is 0 Å². The van der Waals surface area contributed by atoms with E-state index < -0.39 is 0 Å². The Kier molecular flexibility index (Phi) is 5.86. The molecular weight excluding hydrogens is 338 g/mol. The minimum Gasteiger partial charge on any atom is -0.345 e. The molecule has 0 N–H and O–H groups in total. The Morgan fingerprint density at radius 2 is 1.36 bits per heavy atom. The van der Waals surface area contributed by atoms with Crippen molar-refractivity contribution in [2.24, 2.45) is 11.8 Å². The van der Waals surface area contributed by atoms with Gasteiger partial charge in [-0.1, -0.05) is 67.4 Å². The van der Waals surface area contributed by atoms with E-state index in [4.69, 9.17) is 0 Å². The van der Waals surface area contributed by atoms with Crippen LogP contribution in [0.3, 0.4) is 0 Å². The fourth-order valence-electron chi connectivity index (χ4n) is 4.48. The molecule has 1 heterocycles. The van der Waals surface area contributed by atoms with Crippen molar-refractivity contribution in [2.75, 3.05) is 0 Å². The van der Waals surface area contributed by atoms with Crippen LogP contribution in [0.15, 0.2) is 30.3 Å². The minimum absolute atomic E-state index is 0.155. The molecule has 1 nitrogen and oxygen atoms in total. The average molecular weight is 380 g/mol. The van der Waals surface area contributed by atoms with Crippen LogP contribution in [0.5, 0.6) is 0 Å². The van der Waals surface area contributed by atoms with Gasteiger partial charge in [-0.3, -0.25) is 0 Å². The maximum absolute atomic E-state index is 2.59. The van der Waals surface area contributed by atoms with Gasteiger partial charge in [0, 0.05) is 17.9 Å². The monoisotopic (exact) mass is 379 g/mol. The van der Waals surface area contributed by atoms with Gasteiger partial charge >= 0.3 is 0 Å². The molecule has 154 valence electrons. The van der Waals surface area contributed by atoms with E-state index in [9.17, 15) is 0 Å². The Bertz CT molecular complexity index is 770. The molecule has 1 fully saturated rings. The smallest absolute Gasteiger partial charge is 0.0482 e. The highest BCUT2D eigenvalue weighted by molar-refractivity contribution is 5.64. The van der Waals surface area contributed by atoms with Gasteiger partial charge in [-0.2, -0.15) is 0 Å². The summed E-state index contributed by atoms with van der Waals surface area (Å²) in [6.45, 7) is 19.8. The second-order valence-corrected chi connectivity index (χ2v) is 11.4. The van der Waals surface area contributed by atoms with E-state index in [1.807, 2.05) is 0 Å². The van der Waals surface area contributed by atoms with Gasteiger partial charge < -0.3 is 4.57 Å². The summed E-state index contributed by atoms with van der Waals surface area (Å²) >= 11 is 0. The zero-order valence-corrected chi connectivity index (χ0v) is 19.5. The predicted molar refractivity (Wildman–Crippen MR) is 123 cm³/mol. The lowest BCUT2D eigenvalue weighted by atomic mass is 9.79. The first-order valence-corrected chi connectivity index (χ1v) is 11.3. The van der Waals surface area contributed by atoms with Gasteiger partial charge in [0.05, 0.1) is 0 Å². The summed E-state index contributed by atoms with van der Waals surface area (Å²) < 4.78 is 2.59. The number of hydrogen-bond acceptors (Lipinski definition) is 0. The van der Waals surface area contributed by atoms with Crippen molar-refractivity contribution in [3.63, 3.8) is 0 Å². The van der Waals surface area contributed by atoms with Crippen LogP contribution in [-0.4, -0.2) is 4.57 Å². The molecule has 0 atom stereocenters. The molecule has 0 radical (unpaired) electrons. The Labute approximate surface area is 173 Å². The minimum atomic E-state index is 0.155. The summed E-state index contributed by atoms with van der Waals surface area (Å²) in [5, 5.41) is 0. The Morgan fingerprint density at radius 3 is 1.86 bits per heavy atom. The largest absolute Gasteiger partial charge is 0.345 e. The van der Waals surface area contributed by atoms with Crippen LogP contribution in [0.2, 0.25) is 0 Å². The van der Waals surface area contributed by atoms with Crippen LogP contribution in [0, 0.1) is 18.8 Å². The van der Waals surface area contributed by atoms with Gasteiger partial charge in [0.15, 0.2) is 0 Å². The molecule has 0 spiro atoms. The van der Waals surface area contributed by atoms with Crippen molar-refractivity contribution in [2.45, 2.75) is 98.4 Å². The van der Waals surface area contributed by atoms with E-state index in [2.05, 4.69) is 90.3 Å². The Balaban J connectivity index is 2.02. The first-order chi connectivity index (χ1) is 12.9. The molecule has 0 saturated heterocycles. The second-order valence-electron chi connectivity index (χ2n) is 11.4. The zero-order chi connectivity index (χ0) is 20.7. The molecule has 2 aromatic rings. The van der Waals surface area contributed by atoms with Crippen LogP contribution >= 0.6 is 0 Å². The van der Waals surface area contributed by atoms with E-state index in [0.29, 0.717) is 0 Å². The average Bonchev–Trinajstić information content (AvgIpc) is 2.96. The molecule has 1 heteroatoms. The van der Waals surface area contributed by atoms with Crippen LogP contribution < -0.4 is 0 Å². The van der Waals surface area contributed by atoms with Crippen molar-refractivity contribution in [3.8, 4) is 11.3 Å². The molecular formula is C27H41N. The summed E-state index contributed by atoms with van der Waals surface area (Å²) in [6, 6.07) is 11.9. The number of rotatable bonds is 3. The van der Waals surface area contributed by atoms with Crippen molar-refractivity contribution < 1.29 is 0 Å². The summed E-state index contributed by atoms with van der Waals surface area (Å²) in [5.74, 6) is 1.74. The summed E-state index contributed by atoms with van der Waals surface area (Å²) in [4.78, 5) is 0. The maximum atomic E-state index is 2.59. The van der Waals surface area contributed by atoms with E-state index in [1.165, 1.54) is 60.3 Å². The number of benzene rings is 1. The SMILES string of the molecule is Cc1ccc(-c2cc(C(C)(C)C)cc(C(C)(C)C)c2)n1CC1CCC(C)CC1. The van der Waals surface area contributed by atoms with Gasteiger partial charge in [-0.05, 0) is 83.4 Å². The first kappa shape index (κ1) is 21.2. The summed E-state index contributed by atoms with van der Waals surface area (Å²) in [7, 11) is 0. The molecule has 3 rings (SSSR count). The fourth-order valence-corrected chi connectivity index (χ4v) is 4.48. The predicted octanol–water partition coefficient (Wildman–Crippen LogP) is 7.88. The highest BCUT2D eigenvalue weighted by Gasteiger charge is 2.23. The van der Waals surface area contributed by atoms with Crippen molar-refractivity contribution in [1.29, 1.82) is 0 Å². The summed E-state index contributed by atoms with van der Waals surface area (Å²) in [6.07, 6.45) is 5.56. The Hall–Kier alpha value is -1.50. The van der Waals surface area contributed by atoms with Crippen molar-refractivity contribution >= 4 is 0 Å². The van der Waals surface area contributed by atoms with Crippen LogP contribution in [0.4, 0.5) is 0 Å². The van der Waals surface area contributed by atoms with Crippen LogP contribution in [-0.2, 0) is 17.4 Å². The van der Waals surface area contributed by atoms with E-state index in [-0.39, 0.29) is 10.8 Å². The van der Waals surface area contributed by atoms with E-state index in [0.717, 1.165) is 11.8 Å². The van der Waals surface area contributed by atoms with Crippen LogP contribution in [0.1, 0.15) is 91.0 Å². The highest BCUT2D eigenvalue weighted by atomic mass is 15.0. The summed E-state index contributed by atoms with van der Waals surface area (Å²) in [5.41, 5.74) is 7.36. The second kappa shape index (κ2) is 7.73. The number of aryl methyl sites for hydroxylation is 1. The van der Waals surface area contributed by atoms with Gasteiger partial charge in [0.25, 0.3) is 0 Å². The standard InChI is InChI=1S/C27H41N/c1-19-9-12-21(13-10-19)18-28-20(2)11-14-25(28)22-15-23(26(3,4)5)17-24(16-22)27(6,7)8/h11,14-17,19,21H,9-10,12-13,18H2,1-8H3. The fraction of sp³-hybridized carbons (Fsp3) is 0.630. The lowest BCUT2D eigenvalue weighted by Gasteiger charge is -2.29. The quantitative estimate of drug-likeness (QED) is 0.511. The lowest BCUT2D eigenvalue weighted by Crippen LogP contribution is -2.19. The number of aromatic nitrogens is 1. The van der Waals surface area contributed by atoms with Crippen molar-refractivity contribution in [3.05, 3.63) is 47.2 Å². The van der Waals surface area contributed by atoms with Gasteiger partial charge in [-0.25, -0.2) is 0 Å². The normalized spacial score (nSPS) is 21.1. The third-order valence-electron chi connectivity index (χ3n) is 6.74. The molecule has 1 saturated carbocycles. The number of hydrogen-bond donors (Lipinski definition) is 0.